The van der Waals surface area contributed by atoms with Crippen molar-refractivity contribution in [2.75, 3.05) is 13.1 Å². The minimum atomic E-state index is -0.266. The number of nitrogens with zero attached hydrogens (tertiary/aromatic N) is 1. The van der Waals surface area contributed by atoms with Crippen LogP contribution in [0.3, 0.4) is 0 Å². The van der Waals surface area contributed by atoms with Gasteiger partial charge in [0.2, 0.25) is 0 Å². The van der Waals surface area contributed by atoms with Crippen LogP contribution in [0.15, 0.2) is 24.3 Å². The second-order valence-electron chi connectivity index (χ2n) is 5.78. The minimum Gasteiger partial charge on any atom is -0.335 e. The molecule has 1 aliphatic heterocycles. The number of nitrogens with two attached hydrogens (primary N) is 1. The molecule has 2 aromatic rings. The number of fused-ring (bicyclic) bond motifs is 1. The van der Waals surface area contributed by atoms with Crippen molar-refractivity contribution >= 4 is 27.3 Å². The number of hydrogen-bond acceptors (Lipinski definition) is 3. The van der Waals surface area contributed by atoms with Gasteiger partial charge in [0.05, 0.1) is 4.88 Å². The Labute approximate surface area is 127 Å². The molecule has 2 N–H and O–H groups in total. The highest BCUT2D eigenvalue weighted by molar-refractivity contribution is 7.20. The molecule has 1 aliphatic rings. The Hall–Kier alpha value is -1.46. The Balaban J connectivity index is 1.88. The fourth-order valence-corrected chi connectivity index (χ4v) is 3.95. The van der Waals surface area contributed by atoms with Gasteiger partial charge in [-0.25, -0.2) is 4.39 Å². The molecule has 0 saturated carbocycles. The first-order chi connectivity index (χ1) is 10.1. The lowest BCUT2D eigenvalue weighted by molar-refractivity contribution is 0.0572. The van der Waals surface area contributed by atoms with E-state index in [1.807, 2.05) is 11.0 Å². The lowest BCUT2D eigenvalue weighted by Gasteiger charge is -2.37. The predicted molar refractivity (Wildman–Crippen MR) is 84.1 cm³/mol. The van der Waals surface area contributed by atoms with E-state index in [0.717, 1.165) is 29.5 Å². The first-order valence-electron chi connectivity index (χ1n) is 7.28. The molecule has 2 atom stereocenters. The number of carbonyl (C=O) groups is 1. The molecular weight excluding hydrogens is 287 g/mol. The number of halogens is 1. The third kappa shape index (κ3) is 2.80. The largest absolute Gasteiger partial charge is 0.335 e. The molecule has 1 aromatic heterocycles. The summed E-state index contributed by atoms with van der Waals surface area (Å²) in [4.78, 5) is 15.3. The van der Waals surface area contributed by atoms with Crippen molar-refractivity contribution in [3.05, 3.63) is 35.0 Å². The van der Waals surface area contributed by atoms with E-state index in [9.17, 15) is 9.18 Å². The first-order valence-corrected chi connectivity index (χ1v) is 8.10. The number of amides is 1. The molecule has 0 bridgehead atoms. The number of thiophene rings is 1. The molecule has 0 radical (unpaired) electrons. The van der Waals surface area contributed by atoms with Gasteiger partial charge in [0.1, 0.15) is 5.82 Å². The second-order valence-corrected chi connectivity index (χ2v) is 6.86. The molecule has 1 aromatic carbocycles. The maximum absolute atomic E-state index is 13.3. The summed E-state index contributed by atoms with van der Waals surface area (Å²) in [6.45, 7) is 3.42. The van der Waals surface area contributed by atoms with Crippen LogP contribution >= 0.6 is 11.3 Å². The highest BCUT2D eigenvalue weighted by Gasteiger charge is 2.29. The highest BCUT2D eigenvalue weighted by atomic mass is 32.1. The van der Waals surface area contributed by atoms with Crippen LogP contribution in [-0.4, -0.2) is 29.9 Å². The summed E-state index contributed by atoms with van der Waals surface area (Å²) < 4.78 is 14.1. The van der Waals surface area contributed by atoms with Crippen LogP contribution in [0.5, 0.6) is 0 Å². The molecule has 3 nitrogen and oxygen atoms in total. The lowest BCUT2D eigenvalue weighted by atomic mass is 9.93. The van der Waals surface area contributed by atoms with Crippen LogP contribution < -0.4 is 5.73 Å². The standard InChI is InChI=1S/C16H19FN2OS/c1-10-2-3-11(8-18)9-19(10)16(20)15-6-12-4-5-13(17)7-14(12)21-15/h4-7,10-11H,2-3,8-9,18H2,1H3. The monoisotopic (exact) mass is 306 g/mol. The van der Waals surface area contributed by atoms with E-state index in [1.54, 1.807) is 6.07 Å². The molecular formula is C16H19FN2OS. The zero-order valence-electron chi connectivity index (χ0n) is 12.0. The van der Waals surface area contributed by atoms with Crippen molar-refractivity contribution in [3.63, 3.8) is 0 Å². The van der Waals surface area contributed by atoms with Crippen molar-refractivity contribution in [2.24, 2.45) is 11.7 Å². The first kappa shape index (κ1) is 14.5. The summed E-state index contributed by atoms with van der Waals surface area (Å²) >= 11 is 1.36. The number of rotatable bonds is 2. The van der Waals surface area contributed by atoms with E-state index in [4.69, 9.17) is 5.73 Å². The molecule has 21 heavy (non-hydrogen) atoms. The Morgan fingerprint density at radius 2 is 2.24 bits per heavy atom. The zero-order valence-corrected chi connectivity index (χ0v) is 12.8. The summed E-state index contributed by atoms with van der Waals surface area (Å²) in [5.74, 6) is 0.164. The van der Waals surface area contributed by atoms with E-state index in [1.165, 1.54) is 23.5 Å². The Kier molecular flexibility index (Phi) is 3.95. The molecule has 2 unspecified atom stereocenters. The summed E-state index contributed by atoms with van der Waals surface area (Å²) in [6, 6.07) is 6.74. The second kappa shape index (κ2) is 5.73. The van der Waals surface area contributed by atoms with Crippen molar-refractivity contribution < 1.29 is 9.18 Å². The van der Waals surface area contributed by atoms with E-state index in [-0.39, 0.29) is 17.8 Å². The number of hydrogen-bond donors (Lipinski definition) is 1. The topological polar surface area (TPSA) is 46.3 Å². The van der Waals surface area contributed by atoms with Gasteiger partial charge in [-0.05, 0) is 55.8 Å². The third-order valence-corrected chi connectivity index (χ3v) is 5.35. The van der Waals surface area contributed by atoms with Gasteiger partial charge in [0, 0.05) is 17.3 Å². The van der Waals surface area contributed by atoms with Gasteiger partial charge in [-0.1, -0.05) is 6.07 Å². The van der Waals surface area contributed by atoms with E-state index >= 15 is 0 Å². The molecule has 0 aliphatic carbocycles. The van der Waals surface area contributed by atoms with Gasteiger partial charge in [-0.3, -0.25) is 4.79 Å². The van der Waals surface area contributed by atoms with Gasteiger partial charge in [-0.2, -0.15) is 0 Å². The summed E-state index contributed by atoms with van der Waals surface area (Å²) in [6.07, 6.45) is 2.08. The maximum atomic E-state index is 13.3. The fourth-order valence-electron chi connectivity index (χ4n) is 2.91. The Morgan fingerprint density at radius 3 is 3.00 bits per heavy atom. The van der Waals surface area contributed by atoms with Gasteiger partial charge in [0.25, 0.3) is 5.91 Å². The quantitative estimate of drug-likeness (QED) is 0.926. The smallest absolute Gasteiger partial charge is 0.264 e. The van der Waals surface area contributed by atoms with E-state index in [0.29, 0.717) is 17.3 Å². The number of benzene rings is 1. The van der Waals surface area contributed by atoms with Gasteiger partial charge in [0.15, 0.2) is 0 Å². The molecule has 2 heterocycles. The van der Waals surface area contributed by atoms with Crippen LogP contribution in [0, 0.1) is 11.7 Å². The van der Waals surface area contributed by atoms with Crippen molar-refractivity contribution in [2.45, 2.75) is 25.8 Å². The molecule has 1 fully saturated rings. The van der Waals surface area contributed by atoms with Crippen molar-refractivity contribution in [1.29, 1.82) is 0 Å². The predicted octanol–water partition coefficient (Wildman–Crippen LogP) is 3.24. The summed E-state index contributed by atoms with van der Waals surface area (Å²) in [7, 11) is 0. The molecule has 3 rings (SSSR count). The van der Waals surface area contributed by atoms with Gasteiger partial charge >= 0.3 is 0 Å². The summed E-state index contributed by atoms with van der Waals surface area (Å²) in [5, 5.41) is 0.921. The maximum Gasteiger partial charge on any atom is 0.264 e. The zero-order chi connectivity index (χ0) is 15.0. The Bertz CT molecular complexity index is 669. The van der Waals surface area contributed by atoms with Crippen LogP contribution in [0.1, 0.15) is 29.4 Å². The van der Waals surface area contributed by atoms with Gasteiger partial charge in [-0.15, -0.1) is 11.3 Å². The average Bonchev–Trinajstić information content (AvgIpc) is 2.90. The third-order valence-electron chi connectivity index (χ3n) is 4.27. The minimum absolute atomic E-state index is 0.0438. The van der Waals surface area contributed by atoms with Crippen molar-refractivity contribution in [3.8, 4) is 0 Å². The van der Waals surface area contributed by atoms with Gasteiger partial charge < -0.3 is 10.6 Å². The fraction of sp³-hybridized carbons (Fsp3) is 0.438. The van der Waals surface area contributed by atoms with Crippen molar-refractivity contribution in [1.82, 2.24) is 4.90 Å². The highest BCUT2D eigenvalue weighted by Crippen LogP contribution is 2.30. The molecule has 0 spiro atoms. The SMILES string of the molecule is CC1CCC(CN)CN1C(=O)c1cc2ccc(F)cc2s1. The normalized spacial score (nSPS) is 22.7. The van der Waals surface area contributed by atoms with Crippen LogP contribution in [-0.2, 0) is 0 Å². The number of carbonyl (C=O) groups excluding carboxylic acids is 1. The Morgan fingerprint density at radius 1 is 1.43 bits per heavy atom. The lowest BCUT2D eigenvalue weighted by Crippen LogP contribution is -2.46. The van der Waals surface area contributed by atoms with Crippen LogP contribution in [0.25, 0.3) is 10.1 Å². The van der Waals surface area contributed by atoms with E-state index in [2.05, 4.69) is 6.92 Å². The molecule has 1 amide bonds. The summed E-state index contributed by atoms with van der Waals surface area (Å²) in [5.41, 5.74) is 5.75. The average molecular weight is 306 g/mol. The number of likely N-dealkylation sites (tertiary alicyclic amines) is 1. The molecule has 112 valence electrons. The molecule has 5 heteroatoms. The van der Waals surface area contributed by atoms with Crippen LogP contribution in [0.4, 0.5) is 4.39 Å². The molecule has 1 saturated heterocycles. The van der Waals surface area contributed by atoms with E-state index < -0.39 is 0 Å². The number of piperidine rings is 1. The van der Waals surface area contributed by atoms with Crippen LogP contribution in [0.2, 0.25) is 0 Å².